The number of nitrogens with one attached hydrogen (secondary N) is 2. The Morgan fingerprint density at radius 1 is 1.32 bits per heavy atom. The Labute approximate surface area is 111 Å². The van der Waals surface area contributed by atoms with Crippen molar-refractivity contribution in [1.29, 1.82) is 0 Å². The molecule has 0 aliphatic heterocycles. The summed E-state index contributed by atoms with van der Waals surface area (Å²) in [5.74, 6) is -0.145. The second-order valence-corrected chi connectivity index (χ2v) is 4.39. The Morgan fingerprint density at radius 2 is 2.11 bits per heavy atom. The highest BCUT2D eigenvalue weighted by molar-refractivity contribution is 6.06. The summed E-state index contributed by atoms with van der Waals surface area (Å²) in [6.07, 6.45) is 2.12. The molecule has 19 heavy (non-hydrogen) atoms. The maximum Gasteiger partial charge on any atom is 0.254 e. The molecule has 0 spiro atoms. The van der Waals surface area contributed by atoms with Crippen LogP contribution in [0.3, 0.4) is 0 Å². The fourth-order valence-electron chi connectivity index (χ4n) is 1.97. The molecule has 0 unspecified atom stereocenters. The quantitative estimate of drug-likeness (QED) is 0.871. The molecule has 1 heterocycles. The fourth-order valence-corrected chi connectivity index (χ4v) is 1.97. The molecule has 0 bridgehead atoms. The van der Waals surface area contributed by atoms with E-state index in [-0.39, 0.29) is 11.8 Å². The highest BCUT2D eigenvalue weighted by Crippen LogP contribution is 2.18. The zero-order valence-electron chi connectivity index (χ0n) is 11.1. The lowest BCUT2D eigenvalue weighted by Gasteiger charge is -2.17. The van der Waals surface area contributed by atoms with E-state index in [0.717, 1.165) is 10.9 Å². The molecule has 1 aromatic carbocycles. The first-order chi connectivity index (χ1) is 9.13. The highest BCUT2D eigenvalue weighted by Gasteiger charge is 2.15. The van der Waals surface area contributed by atoms with Gasteiger partial charge in [0, 0.05) is 49.7 Å². The van der Waals surface area contributed by atoms with Gasteiger partial charge in [0.2, 0.25) is 5.91 Å². The molecule has 2 rings (SSSR count). The molecule has 100 valence electrons. The van der Waals surface area contributed by atoms with Crippen LogP contribution in [0, 0.1) is 0 Å². The van der Waals surface area contributed by atoms with E-state index >= 15 is 0 Å². The second-order valence-electron chi connectivity index (χ2n) is 4.39. The van der Waals surface area contributed by atoms with Gasteiger partial charge in [-0.25, -0.2) is 0 Å². The predicted octanol–water partition coefficient (Wildman–Crippen LogP) is 1.38. The van der Waals surface area contributed by atoms with Gasteiger partial charge in [-0.15, -0.1) is 0 Å². The molecule has 0 radical (unpaired) electrons. The number of aromatic nitrogens is 1. The van der Waals surface area contributed by atoms with Crippen LogP contribution < -0.4 is 5.32 Å². The van der Waals surface area contributed by atoms with Crippen LogP contribution >= 0.6 is 0 Å². The lowest BCUT2D eigenvalue weighted by Crippen LogP contribution is -2.31. The third-order valence-electron chi connectivity index (χ3n) is 3.13. The summed E-state index contributed by atoms with van der Waals surface area (Å²) in [5.41, 5.74) is 1.59. The maximum absolute atomic E-state index is 12.3. The molecular formula is C14H17N3O2. The number of hydrogen-bond acceptors (Lipinski definition) is 2. The number of carbonyl (C=O) groups is 2. The van der Waals surface area contributed by atoms with E-state index in [1.165, 1.54) is 0 Å². The van der Waals surface area contributed by atoms with Crippen LogP contribution in [-0.4, -0.2) is 42.3 Å². The van der Waals surface area contributed by atoms with E-state index in [1.807, 2.05) is 24.4 Å². The van der Waals surface area contributed by atoms with E-state index in [4.69, 9.17) is 0 Å². The smallest absolute Gasteiger partial charge is 0.254 e. The fraction of sp³-hybridized carbons (Fsp3) is 0.286. The summed E-state index contributed by atoms with van der Waals surface area (Å²) in [6.45, 7) is 0.402. The van der Waals surface area contributed by atoms with Gasteiger partial charge in [-0.2, -0.15) is 0 Å². The van der Waals surface area contributed by atoms with E-state index in [9.17, 15) is 9.59 Å². The standard InChI is InChI=1S/C14H17N3O2/c1-15-13(18)7-9-17(2)14(19)11-4-3-5-12-10(11)6-8-16-12/h3-6,8,16H,7,9H2,1-2H3,(H,15,18). The van der Waals surface area contributed by atoms with Crippen molar-refractivity contribution in [2.75, 3.05) is 20.6 Å². The number of amides is 2. The lowest BCUT2D eigenvalue weighted by molar-refractivity contribution is -0.120. The molecular weight excluding hydrogens is 242 g/mol. The van der Waals surface area contributed by atoms with Crippen LogP contribution in [0.4, 0.5) is 0 Å². The van der Waals surface area contributed by atoms with Crippen molar-refractivity contribution < 1.29 is 9.59 Å². The van der Waals surface area contributed by atoms with Crippen LogP contribution in [0.2, 0.25) is 0 Å². The molecule has 0 atom stereocenters. The van der Waals surface area contributed by atoms with Crippen molar-refractivity contribution >= 4 is 22.7 Å². The predicted molar refractivity (Wildman–Crippen MR) is 73.9 cm³/mol. The minimum atomic E-state index is -0.0749. The first kappa shape index (κ1) is 13.1. The van der Waals surface area contributed by atoms with Gasteiger partial charge in [0.05, 0.1) is 0 Å². The average molecular weight is 259 g/mol. The molecule has 5 nitrogen and oxygen atoms in total. The van der Waals surface area contributed by atoms with Crippen molar-refractivity contribution in [2.24, 2.45) is 0 Å². The number of rotatable bonds is 4. The van der Waals surface area contributed by atoms with E-state index in [0.29, 0.717) is 18.5 Å². The van der Waals surface area contributed by atoms with E-state index in [2.05, 4.69) is 10.3 Å². The molecule has 2 N–H and O–H groups in total. The molecule has 0 aliphatic rings. The highest BCUT2D eigenvalue weighted by atomic mass is 16.2. The number of carbonyl (C=O) groups excluding carboxylic acids is 2. The van der Waals surface area contributed by atoms with Gasteiger partial charge in [0.25, 0.3) is 5.91 Å². The average Bonchev–Trinajstić information content (AvgIpc) is 2.91. The van der Waals surface area contributed by atoms with Gasteiger partial charge in [-0.3, -0.25) is 9.59 Å². The topological polar surface area (TPSA) is 65.2 Å². The van der Waals surface area contributed by atoms with Crippen molar-refractivity contribution in [3.63, 3.8) is 0 Å². The summed E-state index contributed by atoms with van der Waals surface area (Å²) in [7, 11) is 3.29. The minimum absolute atomic E-state index is 0.0699. The van der Waals surface area contributed by atoms with Crippen molar-refractivity contribution in [3.8, 4) is 0 Å². The van der Waals surface area contributed by atoms with Crippen LogP contribution in [0.5, 0.6) is 0 Å². The van der Waals surface area contributed by atoms with Crippen LogP contribution in [-0.2, 0) is 4.79 Å². The lowest BCUT2D eigenvalue weighted by atomic mass is 10.1. The zero-order chi connectivity index (χ0) is 13.8. The van der Waals surface area contributed by atoms with Gasteiger partial charge in [0.1, 0.15) is 0 Å². The Kier molecular flexibility index (Phi) is 3.85. The maximum atomic E-state index is 12.3. The molecule has 0 fully saturated rings. The van der Waals surface area contributed by atoms with E-state index < -0.39 is 0 Å². The molecule has 0 saturated carbocycles. The van der Waals surface area contributed by atoms with Crippen LogP contribution in [0.1, 0.15) is 16.8 Å². The van der Waals surface area contributed by atoms with Gasteiger partial charge >= 0.3 is 0 Å². The summed E-state index contributed by atoms with van der Waals surface area (Å²) in [5, 5.41) is 3.44. The molecule has 0 saturated heterocycles. The number of H-pyrrole nitrogens is 1. The zero-order valence-corrected chi connectivity index (χ0v) is 11.1. The van der Waals surface area contributed by atoms with Gasteiger partial charge in [0.15, 0.2) is 0 Å². The van der Waals surface area contributed by atoms with Gasteiger partial charge < -0.3 is 15.2 Å². The summed E-state index contributed by atoms with van der Waals surface area (Å²) in [4.78, 5) is 28.2. The first-order valence-corrected chi connectivity index (χ1v) is 6.15. The number of aromatic amines is 1. The van der Waals surface area contributed by atoms with Crippen molar-refractivity contribution in [3.05, 3.63) is 36.0 Å². The summed E-state index contributed by atoms with van der Waals surface area (Å²) < 4.78 is 0. The largest absolute Gasteiger partial charge is 0.361 e. The van der Waals surface area contributed by atoms with Gasteiger partial charge in [-0.1, -0.05) is 6.07 Å². The molecule has 1 aromatic heterocycles. The number of hydrogen-bond donors (Lipinski definition) is 2. The second kappa shape index (κ2) is 5.56. The number of benzene rings is 1. The summed E-state index contributed by atoms with van der Waals surface area (Å²) >= 11 is 0. The molecule has 2 amide bonds. The number of fused-ring (bicyclic) bond motifs is 1. The Hall–Kier alpha value is -2.30. The summed E-state index contributed by atoms with van der Waals surface area (Å²) in [6, 6.07) is 7.46. The van der Waals surface area contributed by atoms with Crippen molar-refractivity contribution in [2.45, 2.75) is 6.42 Å². The SMILES string of the molecule is CNC(=O)CCN(C)C(=O)c1cccc2[nH]ccc12. The first-order valence-electron chi connectivity index (χ1n) is 6.15. The monoisotopic (exact) mass is 259 g/mol. The minimum Gasteiger partial charge on any atom is -0.361 e. The van der Waals surface area contributed by atoms with Crippen LogP contribution in [0.25, 0.3) is 10.9 Å². The normalized spacial score (nSPS) is 10.4. The van der Waals surface area contributed by atoms with Crippen molar-refractivity contribution in [1.82, 2.24) is 15.2 Å². The molecule has 5 heteroatoms. The number of nitrogens with zero attached hydrogens (tertiary/aromatic N) is 1. The van der Waals surface area contributed by atoms with Crippen LogP contribution in [0.15, 0.2) is 30.5 Å². The molecule has 0 aliphatic carbocycles. The third kappa shape index (κ3) is 2.76. The Bertz CT molecular complexity index is 604. The molecule has 2 aromatic rings. The van der Waals surface area contributed by atoms with E-state index in [1.54, 1.807) is 25.1 Å². The Balaban J connectivity index is 2.15. The van der Waals surface area contributed by atoms with Gasteiger partial charge in [-0.05, 0) is 18.2 Å². The third-order valence-corrected chi connectivity index (χ3v) is 3.13. The Morgan fingerprint density at radius 3 is 2.84 bits per heavy atom.